The van der Waals surface area contributed by atoms with E-state index in [9.17, 15) is 4.79 Å². The van der Waals surface area contributed by atoms with Crippen LogP contribution in [0.4, 0.5) is 4.79 Å². The maximum absolute atomic E-state index is 12.4. The maximum Gasteiger partial charge on any atom is 0.317 e. The molecule has 2 heterocycles. The highest BCUT2D eigenvalue weighted by molar-refractivity contribution is 5.74. The Morgan fingerprint density at radius 3 is 2.58 bits per heavy atom. The van der Waals surface area contributed by atoms with Crippen molar-refractivity contribution in [3.8, 4) is 11.5 Å². The van der Waals surface area contributed by atoms with Crippen molar-refractivity contribution in [2.24, 2.45) is 7.05 Å². The first kappa shape index (κ1) is 18.0. The van der Waals surface area contributed by atoms with E-state index in [-0.39, 0.29) is 6.03 Å². The minimum Gasteiger partial charge on any atom is -0.493 e. The van der Waals surface area contributed by atoms with Gasteiger partial charge in [0, 0.05) is 32.6 Å². The van der Waals surface area contributed by atoms with Gasteiger partial charge in [0.25, 0.3) is 0 Å². The maximum atomic E-state index is 12.4. The van der Waals surface area contributed by atoms with Crippen LogP contribution in [0.15, 0.2) is 24.5 Å². The summed E-state index contributed by atoms with van der Waals surface area (Å²) in [4.78, 5) is 14.3. The summed E-state index contributed by atoms with van der Waals surface area (Å²) in [5.74, 6) is 2.69. The molecule has 1 fully saturated rings. The van der Waals surface area contributed by atoms with Gasteiger partial charge in [0.2, 0.25) is 0 Å². The first-order chi connectivity index (χ1) is 12.6. The van der Waals surface area contributed by atoms with Gasteiger partial charge in [-0.2, -0.15) is 0 Å². The van der Waals surface area contributed by atoms with Gasteiger partial charge in [-0.25, -0.2) is 4.79 Å². The standard InChI is InChI=1S/C18H25N5O3/c1-22-12-20-21-17(22)14-6-8-23(9-7-14)18(24)19-11-13-4-5-15(25-2)16(10-13)26-3/h4-5,10,12,14H,6-9,11H2,1-3H3,(H,19,24). The van der Waals surface area contributed by atoms with Gasteiger partial charge in [-0.15, -0.1) is 10.2 Å². The number of nitrogens with one attached hydrogen (secondary N) is 1. The predicted octanol–water partition coefficient (Wildman–Crippen LogP) is 1.92. The molecule has 0 saturated carbocycles. The highest BCUT2D eigenvalue weighted by Crippen LogP contribution is 2.28. The number of likely N-dealkylation sites (tertiary alicyclic amines) is 1. The monoisotopic (exact) mass is 359 g/mol. The van der Waals surface area contributed by atoms with Crippen molar-refractivity contribution in [1.29, 1.82) is 0 Å². The van der Waals surface area contributed by atoms with Crippen LogP contribution in [0, 0.1) is 0 Å². The number of aryl methyl sites for hydroxylation is 1. The summed E-state index contributed by atoms with van der Waals surface area (Å²) >= 11 is 0. The molecule has 2 amide bonds. The van der Waals surface area contributed by atoms with Crippen molar-refractivity contribution in [2.45, 2.75) is 25.3 Å². The van der Waals surface area contributed by atoms with Crippen molar-refractivity contribution < 1.29 is 14.3 Å². The summed E-state index contributed by atoms with van der Waals surface area (Å²) in [5, 5.41) is 11.1. The van der Waals surface area contributed by atoms with Gasteiger partial charge in [0.05, 0.1) is 14.2 Å². The largest absolute Gasteiger partial charge is 0.493 e. The Labute approximate surface area is 153 Å². The van der Waals surface area contributed by atoms with Gasteiger partial charge < -0.3 is 24.3 Å². The third-order valence-electron chi connectivity index (χ3n) is 4.79. The van der Waals surface area contributed by atoms with E-state index in [1.807, 2.05) is 34.7 Å². The van der Waals surface area contributed by atoms with Gasteiger partial charge in [-0.05, 0) is 30.5 Å². The van der Waals surface area contributed by atoms with Gasteiger partial charge in [0.15, 0.2) is 11.5 Å². The summed E-state index contributed by atoms with van der Waals surface area (Å²) in [6, 6.07) is 5.59. The molecule has 0 radical (unpaired) electrons. The van der Waals surface area contributed by atoms with Crippen LogP contribution in [0.2, 0.25) is 0 Å². The van der Waals surface area contributed by atoms with Crippen LogP contribution >= 0.6 is 0 Å². The van der Waals surface area contributed by atoms with Crippen molar-refractivity contribution in [2.75, 3.05) is 27.3 Å². The molecule has 1 aliphatic rings. The first-order valence-electron chi connectivity index (χ1n) is 8.70. The Morgan fingerprint density at radius 1 is 1.23 bits per heavy atom. The van der Waals surface area contributed by atoms with Crippen LogP contribution < -0.4 is 14.8 Å². The zero-order chi connectivity index (χ0) is 18.5. The Kier molecular flexibility index (Phi) is 5.60. The smallest absolute Gasteiger partial charge is 0.317 e. The number of amides is 2. The molecular formula is C18H25N5O3. The number of ether oxygens (including phenoxy) is 2. The van der Waals surface area contributed by atoms with Crippen molar-refractivity contribution in [3.63, 3.8) is 0 Å². The zero-order valence-corrected chi connectivity index (χ0v) is 15.4. The molecule has 0 aliphatic carbocycles. The molecule has 1 aliphatic heterocycles. The predicted molar refractivity (Wildman–Crippen MR) is 96.3 cm³/mol. The Hall–Kier alpha value is -2.77. The molecule has 0 atom stereocenters. The van der Waals surface area contributed by atoms with Crippen molar-refractivity contribution in [3.05, 3.63) is 35.9 Å². The minimum absolute atomic E-state index is 0.0452. The molecule has 0 bridgehead atoms. The number of aromatic nitrogens is 3. The molecule has 1 aromatic carbocycles. The van der Waals surface area contributed by atoms with Crippen LogP contribution in [0.1, 0.15) is 30.1 Å². The Morgan fingerprint density at radius 2 is 1.96 bits per heavy atom. The lowest BCUT2D eigenvalue weighted by Gasteiger charge is -2.31. The SMILES string of the molecule is COc1ccc(CNC(=O)N2CCC(c3nncn3C)CC2)cc1OC. The summed E-state index contributed by atoms with van der Waals surface area (Å²) in [6.07, 6.45) is 3.52. The van der Waals surface area contributed by atoms with Crippen LogP contribution in [0.3, 0.4) is 0 Å². The second-order valence-corrected chi connectivity index (χ2v) is 6.41. The highest BCUT2D eigenvalue weighted by atomic mass is 16.5. The summed E-state index contributed by atoms with van der Waals surface area (Å²) < 4.78 is 12.5. The minimum atomic E-state index is -0.0452. The van der Waals surface area contributed by atoms with Crippen LogP contribution in [-0.4, -0.2) is 53.0 Å². The van der Waals surface area contributed by atoms with E-state index in [1.165, 1.54) is 0 Å². The lowest BCUT2D eigenvalue weighted by Crippen LogP contribution is -2.44. The van der Waals surface area contributed by atoms with Crippen LogP contribution in [-0.2, 0) is 13.6 Å². The fourth-order valence-corrected chi connectivity index (χ4v) is 3.28. The van der Waals surface area contributed by atoms with E-state index in [1.54, 1.807) is 20.5 Å². The normalized spacial score (nSPS) is 15.0. The van der Waals surface area contributed by atoms with Gasteiger partial charge in [-0.1, -0.05) is 6.07 Å². The third kappa shape index (κ3) is 3.89. The Balaban J connectivity index is 1.51. The zero-order valence-electron chi connectivity index (χ0n) is 15.4. The van der Waals surface area contributed by atoms with E-state index in [4.69, 9.17) is 9.47 Å². The number of carbonyl (C=O) groups excluding carboxylic acids is 1. The quantitative estimate of drug-likeness (QED) is 0.882. The van der Waals surface area contributed by atoms with Crippen LogP contribution in [0.25, 0.3) is 0 Å². The van der Waals surface area contributed by atoms with Gasteiger partial charge in [-0.3, -0.25) is 0 Å². The second-order valence-electron chi connectivity index (χ2n) is 6.41. The number of benzene rings is 1. The lowest BCUT2D eigenvalue weighted by atomic mass is 9.96. The topological polar surface area (TPSA) is 81.5 Å². The molecule has 8 heteroatoms. The molecule has 3 rings (SSSR count). The number of methoxy groups -OCH3 is 2. The number of carbonyl (C=O) groups is 1. The number of nitrogens with zero attached hydrogens (tertiary/aromatic N) is 4. The van der Waals surface area contributed by atoms with E-state index >= 15 is 0 Å². The molecule has 8 nitrogen and oxygen atoms in total. The number of hydrogen-bond acceptors (Lipinski definition) is 5. The Bertz CT molecular complexity index is 753. The highest BCUT2D eigenvalue weighted by Gasteiger charge is 2.26. The molecule has 1 aromatic heterocycles. The molecule has 0 spiro atoms. The molecular weight excluding hydrogens is 334 g/mol. The lowest BCUT2D eigenvalue weighted by molar-refractivity contribution is 0.179. The van der Waals surface area contributed by atoms with Gasteiger partial charge in [0.1, 0.15) is 12.2 Å². The molecule has 1 N–H and O–H groups in total. The second kappa shape index (κ2) is 8.07. The van der Waals surface area contributed by atoms with Crippen molar-refractivity contribution >= 4 is 6.03 Å². The van der Waals surface area contributed by atoms with E-state index in [0.29, 0.717) is 24.0 Å². The van der Waals surface area contributed by atoms with Crippen molar-refractivity contribution in [1.82, 2.24) is 25.0 Å². The average molecular weight is 359 g/mol. The molecule has 0 unspecified atom stereocenters. The van der Waals surface area contributed by atoms with Crippen LogP contribution in [0.5, 0.6) is 11.5 Å². The molecule has 140 valence electrons. The number of rotatable bonds is 5. The van der Waals surface area contributed by atoms with E-state index in [2.05, 4.69) is 15.5 Å². The molecule has 26 heavy (non-hydrogen) atoms. The fourth-order valence-electron chi connectivity index (χ4n) is 3.28. The molecule has 2 aromatic rings. The summed E-state index contributed by atoms with van der Waals surface area (Å²) in [5.41, 5.74) is 0.963. The third-order valence-corrected chi connectivity index (χ3v) is 4.79. The summed E-state index contributed by atoms with van der Waals surface area (Å²) in [7, 11) is 5.16. The number of piperidine rings is 1. The average Bonchev–Trinajstić information content (AvgIpc) is 3.11. The van der Waals surface area contributed by atoms with E-state index < -0.39 is 0 Å². The molecule has 1 saturated heterocycles. The van der Waals surface area contributed by atoms with E-state index in [0.717, 1.165) is 37.3 Å². The first-order valence-corrected chi connectivity index (χ1v) is 8.70. The van der Waals surface area contributed by atoms with Gasteiger partial charge >= 0.3 is 6.03 Å². The number of hydrogen-bond donors (Lipinski definition) is 1. The fraction of sp³-hybridized carbons (Fsp3) is 0.500. The number of urea groups is 1. The summed E-state index contributed by atoms with van der Waals surface area (Å²) in [6.45, 7) is 1.88.